The number of amides is 1. The predicted molar refractivity (Wildman–Crippen MR) is 114 cm³/mol. The summed E-state index contributed by atoms with van der Waals surface area (Å²) >= 11 is 0. The van der Waals surface area contributed by atoms with E-state index in [-0.39, 0.29) is 17.1 Å². The molecule has 0 aromatic heterocycles. The Morgan fingerprint density at radius 3 is 2.41 bits per heavy atom. The van der Waals surface area contributed by atoms with Crippen LogP contribution in [0, 0.1) is 5.82 Å². The molecule has 0 radical (unpaired) electrons. The van der Waals surface area contributed by atoms with Crippen LogP contribution in [0.15, 0.2) is 47.4 Å². The second-order valence-corrected chi connectivity index (χ2v) is 8.81. The third-order valence-corrected chi connectivity index (χ3v) is 6.01. The molecule has 29 heavy (non-hydrogen) atoms. The zero-order valence-corrected chi connectivity index (χ0v) is 17.6. The number of anilines is 3. The minimum absolute atomic E-state index is 0.0875. The monoisotopic (exact) mass is 422 g/mol. The lowest BCUT2D eigenvalue weighted by atomic mass is 10.2. The van der Waals surface area contributed by atoms with Gasteiger partial charge in [-0.25, -0.2) is 17.1 Å². The van der Waals surface area contributed by atoms with Crippen molar-refractivity contribution in [2.45, 2.75) is 24.7 Å². The van der Waals surface area contributed by atoms with Crippen LogP contribution >= 0.6 is 0 Å². The number of hydrogen-bond acceptors (Lipinski definition) is 5. The minimum atomic E-state index is -3.62. The van der Waals surface area contributed by atoms with E-state index < -0.39 is 21.7 Å². The number of benzene rings is 2. The van der Waals surface area contributed by atoms with Crippen LogP contribution in [0.5, 0.6) is 0 Å². The molecule has 0 aliphatic heterocycles. The zero-order chi connectivity index (χ0) is 21.4. The maximum absolute atomic E-state index is 13.7. The smallest absolute Gasteiger partial charge is 0.243 e. The molecule has 0 heterocycles. The van der Waals surface area contributed by atoms with E-state index >= 15 is 0 Å². The highest BCUT2D eigenvalue weighted by atomic mass is 32.2. The molecule has 2 aromatic carbocycles. The van der Waals surface area contributed by atoms with Crippen molar-refractivity contribution in [1.82, 2.24) is 4.31 Å². The average Bonchev–Trinajstić information content (AvgIpc) is 2.68. The summed E-state index contributed by atoms with van der Waals surface area (Å²) in [5.41, 5.74) is 1.26. The van der Waals surface area contributed by atoms with Gasteiger partial charge in [0.25, 0.3) is 0 Å². The average molecular weight is 423 g/mol. The van der Waals surface area contributed by atoms with Crippen molar-refractivity contribution in [1.29, 1.82) is 0 Å². The third-order valence-electron chi connectivity index (χ3n) is 4.20. The molecule has 0 aliphatic carbocycles. The van der Waals surface area contributed by atoms with Gasteiger partial charge in [-0.1, -0.05) is 25.5 Å². The summed E-state index contributed by atoms with van der Waals surface area (Å²) in [4.78, 5) is 12.3. The highest BCUT2D eigenvalue weighted by molar-refractivity contribution is 7.89. The molecule has 0 spiro atoms. The molecule has 1 amide bonds. The Morgan fingerprint density at radius 1 is 1.03 bits per heavy atom. The van der Waals surface area contributed by atoms with E-state index in [4.69, 9.17) is 0 Å². The van der Waals surface area contributed by atoms with Gasteiger partial charge in [0.1, 0.15) is 5.82 Å². The van der Waals surface area contributed by atoms with E-state index in [1.165, 1.54) is 44.4 Å². The molecule has 158 valence electrons. The van der Waals surface area contributed by atoms with Gasteiger partial charge in [0.15, 0.2) is 0 Å². The van der Waals surface area contributed by atoms with E-state index in [0.29, 0.717) is 17.9 Å². The summed E-state index contributed by atoms with van der Waals surface area (Å²) in [7, 11) is -0.707. The van der Waals surface area contributed by atoms with E-state index in [1.807, 2.05) is 0 Å². The summed E-state index contributed by atoms with van der Waals surface area (Å²) < 4.78 is 39.7. The molecule has 0 fully saturated rings. The first-order chi connectivity index (χ1) is 13.8. The lowest BCUT2D eigenvalue weighted by Gasteiger charge is -2.17. The summed E-state index contributed by atoms with van der Waals surface area (Å²) in [5.74, 6) is -0.975. The molecule has 0 bridgehead atoms. The number of nitrogens with one attached hydrogen (secondary N) is 3. The van der Waals surface area contributed by atoms with Gasteiger partial charge < -0.3 is 16.0 Å². The zero-order valence-electron chi connectivity index (χ0n) is 16.8. The molecule has 0 saturated heterocycles. The van der Waals surface area contributed by atoms with E-state index in [1.54, 1.807) is 12.1 Å². The molecule has 0 saturated carbocycles. The van der Waals surface area contributed by atoms with Gasteiger partial charge in [-0.2, -0.15) is 0 Å². The fourth-order valence-corrected chi connectivity index (χ4v) is 3.46. The Morgan fingerprint density at radius 2 is 1.76 bits per heavy atom. The minimum Gasteiger partial charge on any atom is -0.383 e. The number of sulfonamides is 1. The standard InChI is InChI=1S/C20H27FN4O3S/c1-4-5-12-22-18-11-10-15(29(27,28)25(2)3)13-19(18)23-14-20(26)24-17-9-7-6-8-16(17)21/h6-11,13,22-23H,4-5,12,14H2,1-3H3,(H,24,26). The van der Waals surface area contributed by atoms with Gasteiger partial charge in [-0.05, 0) is 36.8 Å². The Bertz CT molecular complexity index is 948. The van der Waals surface area contributed by atoms with Crippen LogP contribution in [-0.2, 0) is 14.8 Å². The molecule has 0 aliphatic rings. The van der Waals surface area contributed by atoms with Crippen molar-refractivity contribution < 1.29 is 17.6 Å². The quantitative estimate of drug-likeness (QED) is 0.511. The molecule has 3 N–H and O–H groups in total. The number of para-hydroxylation sites is 1. The lowest BCUT2D eigenvalue weighted by molar-refractivity contribution is -0.114. The maximum atomic E-state index is 13.7. The fourth-order valence-electron chi connectivity index (χ4n) is 2.53. The molecule has 0 unspecified atom stereocenters. The number of carbonyl (C=O) groups is 1. The first kappa shape index (κ1) is 22.6. The second kappa shape index (κ2) is 10.2. The predicted octanol–water partition coefficient (Wildman–Crippen LogP) is 3.34. The molecule has 0 atom stereocenters. The number of carbonyl (C=O) groups excluding carboxylic acids is 1. The molecule has 7 nitrogen and oxygen atoms in total. The number of rotatable bonds is 10. The highest BCUT2D eigenvalue weighted by Gasteiger charge is 2.19. The molecular formula is C20H27FN4O3S. The fraction of sp³-hybridized carbons (Fsp3) is 0.350. The third kappa shape index (κ3) is 6.16. The molecule has 9 heteroatoms. The van der Waals surface area contributed by atoms with Gasteiger partial charge >= 0.3 is 0 Å². The number of unbranched alkanes of at least 4 members (excludes halogenated alkanes) is 1. The van der Waals surface area contributed by atoms with Gasteiger partial charge in [0.2, 0.25) is 15.9 Å². The van der Waals surface area contributed by atoms with E-state index in [2.05, 4.69) is 22.9 Å². The van der Waals surface area contributed by atoms with E-state index in [9.17, 15) is 17.6 Å². The largest absolute Gasteiger partial charge is 0.383 e. The second-order valence-electron chi connectivity index (χ2n) is 6.66. The van der Waals surface area contributed by atoms with Crippen LogP contribution in [0.1, 0.15) is 19.8 Å². The van der Waals surface area contributed by atoms with Crippen molar-refractivity contribution in [3.8, 4) is 0 Å². The van der Waals surface area contributed by atoms with Gasteiger partial charge in [-0.3, -0.25) is 4.79 Å². The Hall–Kier alpha value is -2.65. The van der Waals surface area contributed by atoms with E-state index in [0.717, 1.165) is 17.1 Å². The van der Waals surface area contributed by atoms with Crippen LogP contribution in [0.4, 0.5) is 21.5 Å². The van der Waals surface area contributed by atoms with Crippen molar-refractivity contribution in [2.75, 3.05) is 43.1 Å². The van der Waals surface area contributed by atoms with Crippen LogP contribution in [0.3, 0.4) is 0 Å². The van der Waals surface area contributed by atoms with Gasteiger partial charge in [0.05, 0.1) is 28.5 Å². The number of hydrogen-bond donors (Lipinski definition) is 3. The van der Waals surface area contributed by atoms with Crippen molar-refractivity contribution in [3.05, 3.63) is 48.3 Å². The summed E-state index contributed by atoms with van der Waals surface area (Å²) in [6.45, 7) is 2.63. The van der Waals surface area contributed by atoms with Crippen LogP contribution in [0.2, 0.25) is 0 Å². The Balaban J connectivity index is 2.18. The Labute approximate surface area is 171 Å². The summed E-state index contributed by atoms with van der Waals surface area (Å²) in [6, 6.07) is 10.6. The first-order valence-corrected chi connectivity index (χ1v) is 10.8. The SMILES string of the molecule is CCCCNc1ccc(S(=O)(=O)N(C)C)cc1NCC(=O)Nc1ccccc1F. The summed E-state index contributed by atoms with van der Waals surface area (Å²) in [6.07, 6.45) is 1.96. The van der Waals surface area contributed by atoms with Crippen molar-refractivity contribution in [3.63, 3.8) is 0 Å². The number of nitrogens with zero attached hydrogens (tertiary/aromatic N) is 1. The lowest BCUT2D eigenvalue weighted by Crippen LogP contribution is -2.24. The highest BCUT2D eigenvalue weighted by Crippen LogP contribution is 2.27. The van der Waals surface area contributed by atoms with Crippen LogP contribution < -0.4 is 16.0 Å². The van der Waals surface area contributed by atoms with Crippen molar-refractivity contribution >= 4 is 33.0 Å². The topological polar surface area (TPSA) is 90.5 Å². The van der Waals surface area contributed by atoms with Gasteiger partial charge in [-0.15, -0.1) is 0 Å². The maximum Gasteiger partial charge on any atom is 0.243 e. The number of halogens is 1. The summed E-state index contributed by atoms with van der Waals surface area (Å²) in [5, 5.41) is 8.69. The van der Waals surface area contributed by atoms with Crippen LogP contribution in [0.25, 0.3) is 0 Å². The van der Waals surface area contributed by atoms with Crippen molar-refractivity contribution in [2.24, 2.45) is 0 Å². The Kier molecular flexibility index (Phi) is 7.98. The molecule has 2 aromatic rings. The molecular weight excluding hydrogens is 395 g/mol. The normalized spacial score (nSPS) is 11.3. The van der Waals surface area contributed by atoms with Gasteiger partial charge in [0, 0.05) is 20.6 Å². The van der Waals surface area contributed by atoms with Crippen LogP contribution in [-0.4, -0.2) is 45.8 Å². The first-order valence-electron chi connectivity index (χ1n) is 9.34. The molecule has 2 rings (SSSR count).